The number of amides is 1. The fourth-order valence-corrected chi connectivity index (χ4v) is 5.58. The van der Waals surface area contributed by atoms with Gasteiger partial charge in [-0.25, -0.2) is 0 Å². The zero-order valence-electron chi connectivity index (χ0n) is 17.1. The molecule has 3 aliphatic rings. The highest BCUT2D eigenvalue weighted by Gasteiger charge is 2.54. The number of benzene rings is 1. The van der Waals surface area contributed by atoms with Crippen molar-refractivity contribution in [2.24, 2.45) is 0 Å². The first-order valence-electron chi connectivity index (χ1n) is 10.7. The molecule has 1 N–H and O–H groups in total. The highest BCUT2D eigenvalue weighted by atomic mass is 35.5. The minimum absolute atomic E-state index is 0.0678. The Hall–Kier alpha value is -2.83. The molecular weight excluding hydrogens is 412 g/mol. The van der Waals surface area contributed by atoms with E-state index in [1.807, 2.05) is 17.0 Å². The Morgan fingerprint density at radius 1 is 1.13 bits per heavy atom. The van der Waals surface area contributed by atoms with Crippen LogP contribution in [0.2, 0.25) is 5.02 Å². The summed E-state index contributed by atoms with van der Waals surface area (Å²) in [7, 11) is 0. The van der Waals surface area contributed by atoms with Gasteiger partial charge in [-0.15, -0.1) is 0 Å². The summed E-state index contributed by atoms with van der Waals surface area (Å²) in [5.74, 6) is 0.0678. The Labute approximate surface area is 185 Å². The molecule has 5 heterocycles. The molecule has 2 spiro atoms. The van der Waals surface area contributed by atoms with Gasteiger partial charge in [0, 0.05) is 48.7 Å². The predicted molar refractivity (Wildman–Crippen MR) is 119 cm³/mol. The summed E-state index contributed by atoms with van der Waals surface area (Å²) >= 11 is 6.29. The molecule has 2 fully saturated rings. The van der Waals surface area contributed by atoms with E-state index in [0.29, 0.717) is 30.3 Å². The average Bonchev–Trinajstić information content (AvgIpc) is 3.42. The van der Waals surface area contributed by atoms with Gasteiger partial charge >= 0.3 is 0 Å². The molecule has 0 aliphatic carbocycles. The van der Waals surface area contributed by atoms with E-state index in [2.05, 4.69) is 39.3 Å². The normalized spacial score (nSPS) is 23.5. The van der Waals surface area contributed by atoms with Crippen LogP contribution in [-0.2, 0) is 10.3 Å². The zero-order chi connectivity index (χ0) is 21.1. The van der Waals surface area contributed by atoms with Gasteiger partial charge in [0.1, 0.15) is 5.54 Å². The van der Waals surface area contributed by atoms with Crippen molar-refractivity contribution < 1.29 is 9.53 Å². The molecule has 0 saturated carbocycles. The summed E-state index contributed by atoms with van der Waals surface area (Å²) in [6.07, 6.45) is 7.96. The Bertz CT molecular complexity index is 1150. The number of hydrogen-bond acceptors (Lipinski definition) is 4. The van der Waals surface area contributed by atoms with Crippen molar-refractivity contribution in [2.45, 2.75) is 30.4 Å². The number of rotatable bonds is 1. The molecule has 158 valence electrons. The third kappa shape index (κ3) is 2.97. The second-order valence-electron chi connectivity index (χ2n) is 8.81. The van der Waals surface area contributed by atoms with Gasteiger partial charge in [0.25, 0.3) is 5.91 Å². The van der Waals surface area contributed by atoms with E-state index in [0.717, 1.165) is 30.6 Å². The molecule has 1 aromatic carbocycles. The van der Waals surface area contributed by atoms with Crippen LogP contribution in [0.3, 0.4) is 0 Å². The molecule has 0 unspecified atom stereocenters. The number of fused-ring (bicyclic) bond motifs is 4. The van der Waals surface area contributed by atoms with Gasteiger partial charge in [0.2, 0.25) is 0 Å². The molecule has 0 bridgehead atoms. The Morgan fingerprint density at radius 2 is 1.94 bits per heavy atom. The van der Waals surface area contributed by atoms with Crippen molar-refractivity contribution in [3.8, 4) is 5.69 Å². The lowest BCUT2D eigenvalue weighted by molar-refractivity contribution is -0.0392. The molecule has 1 atom stereocenters. The van der Waals surface area contributed by atoms with Gasteiger partial charge in [0.05, 0.1) is 29.3 Å². The van der Waals surface area contributed by atoms with E-state index in [-0.39, 0.29) is 17.0 Å². The van der Waals surface area contributed by atoms with Gasteiger partial charge in [-0.3, -0.25) is 9.78 Å². The number of nitrogens with zero attached hydrogens (tertiary/aromatic N) is 3. The monoisotopic (exact) mass is 434 g/mol. The van der Waals surface area contributed by atoms with E-state index in [1.165, 1.54) is 5.69 Å². The fraction of sp³-hybridized carbons (Fsp3) is 0.333. The molecule has 3 aliphatic heterocycles. The van der Waals surface area contributed by atoms with Gasteiger partial charge in [0.15, 0.2) is 0 Å². The van der Waals surface area contributed by atoms with Crippen LogP contribution in [0.15, 0.2) is 61.1 Å². The summed E-state index contributed by atoms with van der Waals surface area (Å²) in [6, 6.07) is 13.8. The third-order valence-electron chi connectivity index (χ3n) is 6.97. The SMILES string of the molecule is O=C(c1ccncc1)N1CCC2(CC1)C[C@]1(CO2)Nc2cc(Cl)ccc2-n2cccc21. The number of pyridine rings is 1. The van der Waals surface area contributed by atoms with Crippen molar-refractivity contribution in [3.05, 3.63) is 77.3 Å². The van der Waals surface area contributed by atoms with Crippen LogP contribution in [0.5, 0.6) is 0 Å². The number of carbonyl (C=O) groups is 1. The minimum atomic E-state index is -0.293. The van der Waals surface area contributed by atoms with Crippen LogP contribution in [0.4, 0.5) is 5.69 Å². The van der Waals surface area contributed by atoms with E-state index >= 15 is 0 Å². The van der Waals surface area contributed by atoms with Gasteiger partial charge in [-0.2, -0.15) is 0 Å². The molecule has 7 heteroatoms. The molecule has 2 saturated heterocycles. The largest absolute Gasteiger partial charge is 0.372 e. The first kappa shape index (κ1) is 18.9. The zero-order valence-corrected chi connectivity index (χ0v) is 17.8. The van der Waals surface area contributed by atoms with Crippen molar-refractivity contribution >= 4 is 23.2 Å². The number of likely N-dealkylation sites (tertiary alicyclic amines) is 1. The molecule has 1 amide bonds. The Morgan fingerprint density at radius 3 is 2.74 bits per heavy atom. The van der Waals surface area contributed by atoms with Crippen LogP contribution < -0.4 is 5.32 Å². The van der Waals surface area contributed by atoms with Crippen LogP contribution >= 0.6 is 11.6 Å². The fourth-order valence-electron chi connectivity index (χ4n) is 5.41. The van der Waals surface area contributed by atoms with E-state index in [9.17, 15) is 4.79 Å². The summed E-state index contributed by atoms with van der Waals surface area (Å²) in [5, 5.41) is 4.49. The van der Waals surface area contributed by atoms with E-state index in [4.69, 9.17) is 16.3 Å². The molecule has 3 aromatic rings. The van der Waals surface area contributed by atoms with Crippen LogP contribution in [-0.4, -0.2) is 45.7 Å². The highest BCUT2D eigenvalue weighted by molar-refractivity contribution is 6.31. The van der Waals surface area contributed by atoms with E-state index in [1.54, 1.807) is 24.5 Å². The Kier molecular flexibility index (Phi) is 4.17. The number of aromatic nitrogens is 2. The minimum Gasteiger partial charge on any atom is -0.372 e. The van der Waals surface area contributed by atoms with Gasteiger partial charge in [-0.1, -0.05) is 11.6 Å². The lowest BCUT2D eigenvalue weighted by Crippen LogP contribution is -2.48. The molecule has 6 rings (SSSR count). The molecule has 2 aromatic heterocycles. The summed E-state index contributed by atoms with van der Waals surface area (Å²) in [6.45, 7) is 1.99. The quantitative estimate of drug-likeness (QED) is 0.622. The highest BCUT2D eigenvalue weighted by Crippen LogP contribution is 2.50. The molecular formula is C24H23ClN4O2. The van der Waals surface area contributed by atoms with Crippen molar-refractivity contribution in [3.63, 3.8) is 0 Å². The lowest BCUT2D eigenvalue weighted by atomic mass is 9.79. The molecule has 6 nitrogen and oxygen atoms in total. The summed E-state index contributed by atoms with van der Waals surface area (Å²) < 4.78 is 8.77. The topological polar surface area (TPSA) is 59.4 Å². The standard InChI is InChI=1S/C24H23ClN4O2/c25-18-3-4-20-19(14-18)27-24(21-2-1-11-29(20)21)15-23(31-16-24)7-12-28(13-8-23)22(30)17-5-9-26-10-6-17/h1-6,9-11,14,27H,7-8,12-13,15-16H2/t24-/m1/s1. The lowest BCUT2D eigenvalue weighted by Gasteiger charge is -2.41. The Balaban J connectivity index is 1.24. The number of ether oxygens (including phenoxy) is 1. The maximum Gasteiger partial charge on any atom is 0.253 e. The van der Waals surface area contributed by atoms with Crippen molar-refractivity contribution in [2.75, 3.05) is 25.0 Å². The summed E-state index contributed by atoms with van der Waals surface area (Å²) in [4.78, 5) is 18.8. The number of halogens is 1. The average molecular weight is 435 g/mol. The first-order valence-corrected chi connectivity index (χ1v) is 11.0. The molecule has 0 radical (unpaired) electrons. The van der Waals surface area contributed by atoms with Crippen molar-refractivity contribution in [1.29, 1.82) is 0 Å². The number of anilines is 1. The molecule has 31 heavy (non-hydrogen) atoms. The number of carbonyl (C=O) groups excluding carboxylic acids is 1. The summed E-state index contributed by atoms with van der Waals surface area (Å²) in [5.41, 5.74) is 3.52. The van der Waals surface area contributed by atoms with Gasteiger partial charge in [-0.05, 0) is 55.3 Å². The third-order valence-corrected chi connectivity index (χ3v) is 7.20. The smallest absolute Gasteiger partial charge is 0.253 e. The first-order chi connectivity index (χ1) is 15.1. The maximum atomic E-state index is 12.8. The number of piperidine rings is 1. The van der Waals surface area contributed by atoms with Crippen LogP contribution in [0.25, 0.3) is 5.69 Å². The predicted octanol–water partition coefficient (Wildman–Crippen LogP) is 4.24. The number of nitrogens with one attached hydrogen (secondary N) is 1. The van der Waals surface area contributed by atoms with Gasteiger partial charge < -0.3 is 19.5 Å². The van der Waals surface area contributed by atoms with Crippen LogP contribution in [0, 0.1) is 0 Å². The maximum absolute atomic E-state index is 12.8. The number of hydrogen-bond donors (Lipinski definition) is 1. The van der Waals surface area contributed by atoms with Crippen LogP contribution in [0.1, 0.15) is 35.3 Å². The second-order valence-corrected chi connectivity index (χ2v) is 9.24. The second kappa shape index (κ2) is 6.84. The van der Waals surface area contributed by atoms with Crippen molar-refractivity contribution in [1.82, 2.24) is 14.5 Å². The van der Waals surface area contributed by atoms with E-state index < -0.39 is 0 Å².